The molecule has 2 aromatic carbocycles. The first-order valence-electron chi connectivity index (χ1n) is 13.7. The third kappa shape index (κ3) is 12.1. The van der Waals surface area contributed by atoms with Crippen molar-refractivity contribution in [3.8, 4) is 0 Å². The first kappa shape index (κ1) is 30.4. The van der Waals surface area contributed by atoms with Crippen molar-refractivity contribution in [2.24, 2.45) is 5.92 Å². The highest BCUT2D eigenvalue weighted by molar-refractivity contribution is 7.98. The lowest BCUT2D eigenvalue weighted by atomic mass is 9.98. The Morgan fingerprint density at radius 1 is 1.03 bits per heavy atom. The predicted octanol–water partition coefficient (Wildman–Crippen LogP) is 4.19. The summed E-state index contributed by atoms with van der Waals surface area (Å²) in [5.41, 5.74) is 2.20. The number of esters is 1. The Balaban J connectivity index is 1.63. The van der Waals surface area contributed by atoms with Gasteiger partial charge < -0.3 is 20.5 Å². The zero-order valence-corrected chi connectivity index (χ0v) is 23.2. The predicted molar refractivity (Wildman–Crippen MR) is 155 cm³/mol. The first-order chi connectivity index (χ1) is 19.0. The quantitative estimate of drug-likeness (QED) is 0.302. The van der Waals surface area contributed by atoms with Gasteiger partial charge in [0.05, 0.1) is 24.6 Å². The van der Waals surface area contributed by atoms with Crippen LogP contribution in [0.25, 0.3) is 0 Å². The van der Waals surface area contributed by atoms with Gasteiger partial charge in [-0.05, 0) is 43.2 Å². The molecular formula is C31H40N2O5S. The molecule has 0 radical (unpaired) electrons. The summed E-state index contributed by atoms with van der Waals surface area (Å²) < 4.78 is 5.50. The zero-order valence-electron chi connectivity index (χ0n) is 22.4. The molecule has 3 atom stereocenters. The topological polar surface area (TPSA) is 105 Å². The Morgan fingerprint density at radius 3 is 2.46 bits per heavy atom. The van der Waals surface area contributed by atoms with Crippen LogP contribution >= 0.6 is 11.8 Å². The summed E-state index contributed by atoms with van der Waals surface area (Å²) >= 11 is 1.66. The summed E-state index contributed by atoms with van der Waals surface area (Å²) in [6.07, 6.45) is 7.68. The minimum Gasteiger partial charge on any atom is -0.463 e. The molecule has 1 heterocycles. The highest BCUT2D eigenvalue weighted by Gasteiger charge is 2.25. The number of allylic oxidation sites excluding steroid dienone is 2. The van der Waals surface area contributed by atoms with Crippen LogP contribution in [0.1, 0.15) is 49.7 Å². The molecule has 0 spiro atoms. The van der Waals surface area contributed by atoms with Crippen LogP contribution in [-0.2, 0) is 31.3 Å². The fourth-order valence-corrected chi connectivity index (χ4v) is 5.38. The van der Waals surface area contributed by atoms with Crippen molar-refractivity contribution in [3.63, 3.8) is 0 Å². The van der Waals surface area contributed by atoms with E-state index in [9.17, 15) is 19.5 Å². The standard InChI is InChI=1S/C31H40N2O5S/c34-20-27(18-24-12-6-4-7-13-24)32-29(35)19-26-16-10-2-1-3-11-17-30(36)38-21-28(33-31(26)37)23-39-22-25-14-8-5-9-15-25/h2,4-10,12-15,26-28,34H,1,3,11,16-23H2,(H,32,35)(H,33,37)/t26-,27+,28-/m1/s1. The van der Waals surface area contributed by atoms with Gasteiger partial charge in [0.2, 0.25) is 11.8 Å². The number of aliphatic hydroxyl groups is 1. The molecule has 2 amide bonds. The highest BCUT2D eigenvalue weighted by Crippen LogP contribution is 2.17. The molecule has 210 valence electrons. The Hall–Kier alpha value is -3.10. The van der Waals surface area contributed by atoms with Crippen molar-refractivity contribution < 1.29 is 24.2 Å². The van der Waals surface area contributed by atoms with E-state index in [4.69, 9.17) is 4.74 Å². The molecular weight excluding hydrogens is 512 g/mol. The van der Waals surface area contributed by atoms with E-state index < -0.39 is 12.0 Å². The van der Waals surface area contributed by atoms with Crippen LogP contribution in [0.15, 0.2) is 72.8 Å². The molecule has 1 aliphatic heterocycles. The van der Waals surface area contributed by atoms with Gasteiger partial charge in [-0.15, -0.1) is 0 Å². The average molecular weight is 553 g/mol. The van der Waals surface area contributed by atoms with E-state index in [1.54, 1.807) is 11.8 Å². The van der Waals surface area contributed by atoms with Crippen molar-refractivity contribution in [2.75, 3.05) is 19.0 Å². The first-order valence-corrected chi connectivity index (χ1v) is 14.9. The van der Waals surface area contributed by atoms with Crippen LogP contribution in [0.3, 0.4) is 0 Å². The van der Waals surface area contributed by atoms with Crippen LogP contribution < -0.4 is 10.6 Å². The van der Waals surface area contributed by atoms with Gasteiger partial charge >= 0.3 is 5.97 Å². The fourth-order valence-electron chi connectivity index (χ4n) is 4.37. The van der Waals surface area contributed by atoms with Crippen molar-refractivity contribution in [3.05, 3.63) is 83.9 Å². The molecule has 3 N–H and O–H groups in total. The van der Waals surface area contributed by atoms with E-state index in [0.29, 0.717) is 25.0 Å². The molecule has 0 fully saturated rings. The number of nitrogens with one attached hydrogen (secondary N) is 2. The molecule has 1 aliphatic rings. The lowest BCUT2D eigenvalue weighted by Gasteiger charge is -2.23. The average Bonchev–Trinajstić information content (AvgIpc) is 2.95. The minimum atomic E-state index is -0.572. The molecule has 7 nitrogen and oxygen atoms in total. The third-order valence-electron chi connectivity index (χ3n) is 6.52. The summed E-state index contributed by atoms with van der Waals surface area (Å²) in [4.78, 5) is 38.5. The molecule has 0 saturated carbocycles. The zero-order chi connectivity index (χ0) is 27.7. The number of carbonyl (C=O) groups excluding carboxylic acids is 3. The van der Waals surface area contributed by atoms with Crippen LogP contribution in [0, 0.1) is 5.92 Å². The van der Waals surface area contributed by atoms with Crippen molar-refractivity contribution in [1.29, 1.82) is 0 Å². The number of hydrogen-bond acceptors (Lipinski definition) is 6. The number of thioether (sulfide) groups is 1. The van der Waals surface area contributed by atoms with E-state index in [0.717, 1.165) is 30.6 Å². The highest BCUT2D eigenvalue weighted by atomic mass is 32.2. The second-order valence-electron chi connectivity index (χ2n) is 9.88. The number of aliphatic hydroxyl groups excluding tert-OH is 1. The molecule has 0 aromatic heterocycles. The number of amides is 2. The van der Waals surface area contributed by atoms with Gasteiger partial charge in [-0.3, -0.25) is 14.4 Å². The van der Waals surface area contributed by atoms with E-state index in [-0.39, 0.29) is 43.5 Å². The summed E-state index contributed by atoms with van der Waals surface area (Å²) in [5, 5.41) is 15.8. The molecule has 8 heteroatoms. The number of carbonyl (C=O) groups is 3. The van der Waals surface area contributed by atoms with E-state index in [1.165, 1.54) is 5.56 Å². The van der Waals surface area contributed by atoms with Gasteiger partial charge in [0.15, 0.2) is 0 Å². The van der Waals surface area contributed by atoms with Gasteiger partial charge in [-0.25, -0.2) is 0 Å². The fraction of sp³-hybridized carbons (Fsp3) is 0.452. The van der Waals surface area contributed by atoms with Crippen LogP contribution in [0.5, 0.6) is 0 Å². The lowest BCUT2D eigenvalue weighted by molar-refractivity contribution is -0.145. The molecule has 2 aromatic rings. The van der Waals surface area contributed by atoms with Crippen LogP contribution in [-0.4, -0.2) is 53.9 Å². The monoisotopic (exact) mass is 552 g/mol. The van der Waals surface area contributed by atoms with Gasteiger partial charge in [0.25, 0.3) is 0 Å². The number of cyclic esters (lactones) is 1. The maximum Gasteiger partial charge on any atom is 0.305 e. The lowest BCUT2D eigenvalue weighted by Crippen LogP contribution is -2.45. The normalized spacial score (nSPS) is 19.8. The Labute approximate surface area is 235 Å². The van der Waals surface area contributed by atoms with Gasteiger partial charge in [-0.2, -0.15) is 11.8 Å². The second-order valence-corrected chi connectivity index (χ2v) is 10.9. The minimum absolute atomic E-state index is 0.00509. The Morgan fingerprint density at radius 2 is 1.74 bits per heavy atom. The molecule has 39 heavy (non-hydrogen) atoms. The van der Waals surface area contributed by atoms with E-state index in [2.05, 4.69) is 22.8 Å². The molecule has 0 aliphatic carbocycles. The van der Waals surface area contributed by atoms with Gasteiger partial charge in [0, 0.05) is 24.3 Å². The summed E-state index contributed by atoms with van der Waals surface area (Å²) in [5.74, 6) is 0.00896. The molecule has 0 unspecified atom stereocenters. The van der Waals surface area contributed by atoms with Crippen LogP contribution in [0.2, 0.25) is 0 Å². The number of benzene rings is 2. The Bertz CT molecular complexity index is 1050. The smallest absolute Gasteiger partial charge is 0.305 e. The van der Waals surface area contributed by atoms with Gasteiger partial charge in [-0.1, -0.05) is 72.8 Å². The summed E-state index contributed by atoms with van der Waals surface area (Å²) in [6, 6.07) is 18.9. The third-order valence-corrected chi connectivity index (χ3v) is 7.70. The maximum absolute atomic E-state index is 13.4. The van der Waals surface area contributed by atoms with E-state index in [1.807, 2.05) is 60.7 Å². The molecule has 0 saturated heterocycles. The van der Waals surface area contributed by atoms with Crippen molar-refractivity contribution in [2.45, 2.75) is 62.8 Å². The largest absolute Gasteiger partial charge is 0.463 e. The number of ether oxygens (including phenoxy) is 1. The van der Waals surface area contributed by atoms with Crippen molar-refractivity contribution in [1.82, 2.24) is 10.6 Å². The number of hydrogen-bond donors (Lipinski definition) is 3. The van der Waals surface area contributed by atoms with Crippen LogP contribution in [0.4, 0.5) is 0 Å². The molecule has 0 bridgehead atoms. The van der Waals surface area contributed by atoms with Crippen molar-refractivity contribution >= 4 is 29.5 Å². The summed E-state index contributed by atoms with van der Waals surface area (Å²) in [7, 11) is 0. The SMILES string of the molecule is O=C(C[C@H]1CC=CCCCCC(=O)OC[C@H](CSCc2ccccc2)NC1=O)N[C@H](CO)Cc1ccccc1. The number of rotatable bonds is 10. The van der Waals surface area contributed by atoms with Gasteiger partial charge in [0.1, 0.15) is 6.61 Å². The summed E-state index contributed by atoms with van der Waals surface area (Å²) in [6.45, 7) is -0.0890. The second kappa shape index (κ2) is 17.5. The van der Waals surface area contributed by atoms with E-state index >= 15 is 0 Å². The molecule has 3 rings (SSSR count). The Kier molecular flexibility index (Phi) is 13.6. The maximum atomic E-state index is 13.4.